The number of hydrazine groups is 1. The van der Waals surface area contributed by atoms with Gasteiger partial charge in [0, 0.05) is 19.2 Å². The van der Waals surface area contributed by atoms with Crippen molar-refractivity contribution in [1.82, 2.24) is 5.43 Å². The van der Waals surface area contributed by atoms with Crippen molar-refractivity contribution in [2.24, 2.45) is 5.84 Å². The zero-order valence-corrected chi connectivity index (χ0v) is 12.4. The highest BCUT2D eigenvalue weighted by Gasteiger charge is 2.17. The van der Waals surface area contributed by atoms with E-state index in [4.69, 9.17) is 17.4 Å². The molecule has 0 aliphatic rings. The van der Waals surface area contributed by atoms with Crippen LogP contribution in [0.4, 0.5) is 0 Å². The SMILES string of the molecule is Cc1ccc(C(NN)c2ccc(Br)cc2Cl)s1. The minimum atomic E-state index is -0.0608. The van der Waals surface area contributed by atoms with Crippen LogP contribution in [0, 0.1) is 6.92 Å². The first-order chi connectivity index (χ1) is 8.11. The van der Waals surface area contributed by atoms with Crippen molar-refractivity contribution in [1.29, 1.82) is 0 Å². The lowest BCUT2D eigenvalue weighted by Crippen LogP contribution is -2.28. The lowest BCUT2D eigenvalue weighted by molar-refractivity contribution is 0.646. The van der Waals surface area contributed by atoms with Gasteiger partial charge in [0.1, 0.15) is 0 Å². The molecule has 0 spiro atoms. The van der Waals surface area contributed by atoms with Gasteiger partial charge in [-0.05, 0) is 36.8 Å². The van der Waals surface area contributed by atoms with Gasteiger partial charge >= 0.3 is 0 Å². The van der Waals surface area contributed by atoms with Crippen molar-refractivity contribution in [2.45, 2.75) is 13.0 Å². The van der Waals surface area contributed by atoms with Crippen molar-refractivity contribution >= 4 is 38.9 Å². The molecule has 0 aliphatic carbocycles. The third-order valence-corrected chi connectivity index (χ3v) is 4.37. The molecule has 1 heterocycles. The van der Waals surface area contributed by atoms with Crippen LogP contribution in [0.25, 0.3) is 0 Å². The monoisotopic (exact) mass is 330 g/mol. The summed E-state index contributed by atoms with van der Waals surface area (Å²) in [6.45, 7) is 2.07. The maximum absolute atomic E-state index is 6.24. The quantitative estimate of drug-likeness (QED) is 0.658. The van der Waals surface area contributed by atoms with E-state index in [-0.39, 0.29) is 6.04 Å². The lowest BCUT2D eigenvalue weighted by Gasteiger charge is -2.16. The molecule has 0 saturated carbocycles. The Bertz CT molecular complexity index is 527. The number of aryl methyl sites for hydroxylation is 1. The molecule has 0 radical (unpaired) electrons. The molecular formula is C12H12BrClN2S. The highest BCUT2D eigenvalue weighted by Crippen LogP contribution is 2.33. The van der Waals surface area contributed by atoms with E-state index in [0.29, 0.717) is 5.02 Å². The second-order valence-electron chi connectivity index (χ2n) is 3.71. The Morgan fingerprint density at radius 3 is 2.65 bits per heavy atom. The first-order valence-corrected chi connectivity index (χ1v) is 7.08. The van der Waals surface area contributed by atoms with Gasteiger partial charge in [0.2, 0.25) is 0 Å². The van der Waals surface area contributed by atoms with Gasteiger partial charge in [-0.3, -0.25) is 5.84 Å². The van der Waals surface area contributed by atoms with E-state index in [9.17, 15) is 0 Å². The molecule has 0 aliphatic heterocycles. The topological polar surface area (TPSA) is 38.0 Å². The molecule has 1 atom stereocenters. The van der Waals surface area contributed by atoms with Crippen LogP contribution in [0.2, 0.25) is 5.02 Å². The van der Waals surface area contributed by atoms with Gasteiger partial charge in [-0.15, -0.1) is 11.3 Å². The molecule has 0 fully saturated rings. The number of halogens is 2. The summed E-state index contributed by atoms with van der Waals surface area (Å²) in [5.74, 6) is 5.64. The zero-order valence-electron chi connectivity index (χ0n) is 9.21. The fourth-order valence-corrected chi connectivity index (χ4v) is 3.41. The highest BCUT2D eigenvalue weighted by atomic mass is 79.9. The van der Waals surface area contributed by atoms with Crippen LogP contribution in [-0.2, 0) is 0 Å². The Morgan fingerprint density at radius 2 is 2.12 bits per heavy atom. The average molecular weight is 332 g/mol. The molecule has 1 unspecified atom stereocenters. The Kier molecular flexibility index (Phi) is 4.22. The maximum atomic E-state index is 6.24. The number of hydrogen-bond acceptors (Lipinski definition) is 3. The van der Waals surface area contributed by atoms with Crippen LogP contribution in [0.3, 0.4) is 0 Å². The standard InChI is InChI=1S/C12H12BrClN2S/c1-7-2-5-11(17-7)12(16-15)9-4-3-8(13)6-10(9)14/h2-6,12,16H,15H2,1H3. The molecule has 17 heavy (non-hydrogen) atoms. The first kappa shape index (κ1) is 13.1. The van der Waals surface area contributed by atoms with Gasteiger partial charge < -0.3 is 0 Å². The summed E-state index contributed by atoms with van der Waals surface area (Å²) in [6, 6.07) is 9.91. The molecule has 90 valence electrons. The Hall–Kier alpha value is -0.390. The third kappa shape index (κ3) is 2.89. The summed E-state index contributed by atoms with van der Waals surface area (Å²) in [7, 11) is 0. The molecule has 2 nitrogen and oxygen atoms in total. The predicted molar refractivity (Wildman–Crippen MR) is 77.4 cm³/mol. The number of rotatable bonds is 3. The molecular weight excluding hydrogens is 320 g/mol. The van der Waals surface area contributed by atoms with Gasteiger partial charge in [-0.25, -0.2) is 5.43 Å². The van der Waals surface area contributed by atoms with Crippen molar-refractivity contribution < 1.29 is 0 Å². The summed E-state index contributed by atoms with van der Waals surface area (Å²) in [6.07, 6.45) is 0. The third-order valence-electron chi connectivity index (χ3n) is 2.49. The number of nitrogens with one attached hydrogen (secondary N) is 1. The molecule has 3 N–H and O–H groups in total. The predicted octanol–water partition coefficient (Wildman–Crippen LogP) is 4.03. The second-order valence-corrected chi connectivity index (χ2v) is 6.36. The van der Waals surface area contributed by atoms with Gasteiger partial charge in [0.25, 0.3) is 0 Å². The van der Waals surface area contributed by atoms with Crippen molar-refractivity contribution in [3.63, 3.8) is 0 Å². The summed E-state index contributed by atoms with van der Waals surface area (Å²) in [5.41, 5.74) is 3.80. The Balaban J connectivity index is 2.42. The van der Waals surface area contributed by atoms with E-state index in [0.717, 1.165) is 14.9 Å². The summed E-state index contributed by atoms with van der Waals surface area (Å²) in [5, 5.41) is 0.702. The number of benzene rings is 1. The van der Waals surface area contributed by atoms with E-state index in [1.54, 1.807) is 11.3 Å². The van der Waals surface area contributed by atoms with Crippen molar-refractivity contribution in [3.8, 4) is 0 Å². The number of nitrogens with two attached hydrogens (primary N) is 1. The van der Waals surface area contributed by atoms with E-state index in [2.05, 4.69) is 40.4 Å². The van der Waals surface area contributed by atoms with Crippen LogP contribution >= 0.6 is 38.9 Å². The summed E-state index contributed by atoms with van der Waals surface area (Å²) in [4.78, 5) is 2.42. The summed E-state index contributed by atoms with van der Waals surface area (Å²) < 4.78 is 0.962. The molecule has 5 heteroatoms. The van der Waals surface area contributed by atoms with E-state index >= 15 is 0 Å². The van der Waals surface area contributed by atoms with E-state index in [1.165, 1.54) is 4.88 Å². The minimum absolute atomic E-state index is 0.0608. The zero-order chi connectivity index (χ0) is 12.4. The second kappa shape index (κ2) is 5.50. The van der Waals surface area contributed by atoms with E-state index in [1.807, 2.05) is 18.2 Å². The van der Waals surface area contributed by atoms with Gasteiger partial charge in [-0.2, -0.15) is 0 Å². The number of hydrogen-bond donors (Lipinski definition) is 2. The minimum Gasteiger partial charge on any atom is -0.271 e. The molecule has 0 amide bonds. The molecule has 2 aromatic rings. The molecule has 1 aromatic carbocycles. The summed E-state index contributed by atoms with van der Waals surface area (Å²) >= 11 is 11.3. The normalized spacial score (nSPS) is 12.7. The van der Waals surface area contributed by atoms with Crippen LogP contribution in [0.15, 0.2) is 34.8 Å². The van der Waals surface area contributed by atoms with Gasteiger partial charge in [-0.1, -0.05) is 33.6 Å². The first-order valence-electron chi connectivity index (χ1n) is 5.09. The smallest absolute Gasteiger partial charge is 0.0816 e. The molecule has 2 rings (SSSR count). The molecule has 0 saturated heterocycles. The molecule has 0 bridgehead atoms. The van der Waals surface area contributed by atoms with Gasteiger partial charge in [0.15, 0.2) is 0 Å². The van der Waals surface area contributed by atoms with Crippen LogP contribution in [0.5, 0.6) is 0 Å². The fourth-order valence-electron chi connectivity index (χ4n) is 1.67. The van der Waals surface area contributed by atoms with Crippen molar-refractivity contribution in [3.05, 3.63) is 55.1 Å². The Morgan fingerprint density at radius 1 is 1.35 bits per heavy atom. The van der Waals surface area contributed by atoms with Crippen molar-refractivity contribution in [2.75, 3.05) is 0 Å². The van der Waals surface area contributed by atoms with Crippen LogP contribution < -0.4 is 11.3 Å². The average Bonchev–Trinajstić information content (AvgIpc) is 2.69. The van der Waals surface area contributed by atoms with Crippen LogP contribution in [-0.4, -0.2) is 0 Å². The maximum Gasteiger partial charge on any atom is 0.0816 e. The van der Waals surface area contributed by atoms with Gasteiger partial charge in [0.05, 0.1) is 6.04 Å². The lowest BCUT2D eigenvalue weighted by atomic mass is 10.1. The fraction of sp³-hybridized carbons (Fsp3) is 0.167. The Labute approximate surface area is 118 Å². The highest BCUT2D eigenvalue weighted by molar-refractivity contribution is 9.10. The largest absolute Gasteiger partial charge is 0.271 e. The molecule has 1 aromatic heterocycles. The van der Waals surface area contributed by atoms with Crippen LogP contribution in [0.1, 0.15) is 21.4 Å². The van der Waals surface area contributed by atoms with E-state index < -0.39 is 0 Å². The number of thiophene rings is 1.